The van der Waals surface area contributed by atoms with Gasteiger partial charge in [0.15, 0.2) is 11.5 Å². The average molecular weight is 484 g/mol. The molecule has 1 aliphatic carbocycles. The molecular formula is C23H29N7O5. The monoisotopic (exact) mass is 483 g/mol. The molecule has 2 aromatic heterocycles. The van der Waals surface area contributed by atoms with Gasteiger partial charge in [0.2, 0.25) is 0 Å². The number of nitrogens with two attached hydrogens (primary N) is 1. The molecule has 6 N–H and O–H groups in total. The number of benzene rings is 1. The molecule has 2 heterocycles. The zero-order valence-corrected chi connectivity index (χ0v) is 19.7. The zero-order valence-electron chi connectivity index (χ0n) is 19.7. The van der Waals surface area contributed by atoms with Crippen LogP contribution in [0, 0.1) is 0 Å². The van der Waals surface area contributed by atoms with Crippen LogP contribution in [0.4, 0.5) is 10.6 Å². The molecule has 1 fully saturated rings. The van der Waals surface area contributed by atoms with Crippen molar-refractivity contribution >= 4 is 29.0 Å². The molecule has 0 unspecified atom stereocenters. The number of ether oxygens (including phenoxy) is 1. The van der Waals surface area contributed by atoms with Gasteiger partial charge in [-0.05, 0) is 44.9 Å². The first-order valence-electron chi connectivity index (χ1n) is 11.2. The number of rotatable bonds is 5. The molecule has 4 rings (SSSR count). The quantitative estimate of drug-likeness (QED) is 0.353. The highest BCUT2D eigenvalue weighted by Crippen LogP contribution is 2.33. The molecule has 4 atom stereocenters. The number of carbonyl (C=O) groups excluding carboxylic acids is 2. The molecule has 12 nitrogen and oxygen atoms in total. The smallest absolute Gasteiger partial charge is 0.407 e. The molecular weight excluding hydrogens is 454 g/mol. The van der Waals surface area contributed by atoms with E-state index in [2.05, 4.69) is 25.6 Å². The fourth-order valence-electron chi connectivity index (χ4n) is 4.10. The van der Waals surface area contributed by atoms with Gasteiger partial charge < -0.3 is 35.9 Å². The standard InChI is InChI=1S/C23H29N7O5/c1-23(2,3)35-22(34)25-9-12-4-6-13(7-5-12)21(33)29-14-8-15(31)17(18(14)32)30-11-28-16-19(24)26-10-27-20(16)30/h4-7,10-11,14-15,17-18,31-32H,8-9H2,1-3H3,(H,25,34)(H,29,33)(H2,24,26,27)/t14-,15+,17-,18-/m1/s1. The first-order valence-corrected chi connectivity index (χ1v) is 11.2. The number of fused-ring (bicyclic) bond motifs is 1. The van der Waals surface area contributed by atoms with Crippen molar-refractivity contribution in [2.24, 2.45) is 0 Å². The van der Waals surface area contributed by atoms with Crippen molar-refractivity contribution in [2.75, 3.05) is 5.73 Å². The summed E-state index contributed by atoms with van der Waals surface area (Å²) in [7, 11) is 0. The second kappa shape index (κ2) is 9.47. The van der Waals surface area contributed by atoms with E-state index in [9.17, 15) is 19.8 Å². The van der Waals surface area contributed by atoms with Crippen LogP contribution in [0.25, 0.3) is 11.2 Å². The lowest BCUT2D eigenvalue weighted by Gasteiger charge is -2.22. The third-order valence-corrected chi connectivity index (χ3v) is 5.73. The third kappa shape index (κ3) is 5.33. The molecule has 0 saturated heterocycles. The SMILES string of the molecule is CC(C)(C)OC(=O)NCc1ccc(C(=O)N[C@@H]2C[C@H](O)[C@@H](n3cnc4c(N)ncnc43)[C@@H]2O)cc1. The van der Waals surface area contributed by atoms with Crippen LogP contribution in [0.15, 0.2) is 36.9 Å². The van der Waals surface area contributed by atoms with E-state index in [0.29, 0.717) is 16.7 Å². The number of hydrogen-bond acceptors (Lipinski definition) is 9. The van der Waals surface area contributed by atoms with Gasteiger partial charge in [-0.25, -0.2) is 19.7 Å². The Morgan fingerprint density at radius 1 is 1.17 bits per heavy atom. The molecule has 3 aromatic rings. The largest absolute Gasteiger partial charge is 0.444 e. The molecule has 0 radical (unpaired) electrons. The summed E-state index contributed by atoms with van der Waals surface area (Å²) < 4.78 is 6.76. The topological polar surface area (TPSA) is 178 Å². The van der Waals surface area contributed by atoms with E-state index in [-0.39, 0.29) is 18.8 Å². The van der Waals surface area contributed by atoms with E-state index in [4.69, 9.17) is 10.5 Å². The van der Waals surface area contributed by atoms with Gasteiger partial charge in [0.1, 0.15) is 17.4 Å². The van der Waals surface area contributed by atoms with Crippen LogP contribution < -0.4 is 16.4 Å². The van der Waals surface area contributed by atoms with Crippen LogP contribution in [-0.4, -0.2) is 65.6 Å². The van der Waals surface area contributed by atoms with E-state index < -0.39 is 41.9 Å². The number of nitrogens with one attached hydrogen (secondary N) is 2. The summed E-state index contributed by atoms with van der Waals surface area (Å²) in [5, 5.41) is 27.0. The van der Waals surface area contributed by atoms with Crippen molar-refractivity contribution in [2.45, 2.75) is 63.6 Å². The van der Waals surface area contributed by atoms with Gasteiger partial charge in [-0.2, -0.15) is 0 Å². The summed E-state index contributed by atoms with van der Waals surface area (Å²) in [6.07, 6.45) is 0.333. The van der Waals surface area contributed by atoms with Crippen LogP contribution in [-0.2, 0) is 11.3 Å². The second-order valence-electron chi connectivity index (χ2n) is 9.50. The number of alkyl carbamates (subject to hydrolysis) is 1. The predicted octanol–water partition coefficient (Wildman–Crippen LogP) is 0.898. The second-order valence-corrected chi connectivity index (χ2v) is 9.50. The predicted molar refractivity (Wildman–Crippen MR) is 126 cm³/mol. The number of aromatic nitrogens is 4. The lowest BCUT2D eigenvalue weighted by molar-refractivity contribution is 0.0523. The highest BCUT2D eigenvalue weighted by Gasteiger charge is 2.44. The number of anilines is 1. The summed E-state index contributed by atoms with van der Waals surface area (Å²) >= 11 is 0. The molecule has 12 heteroatoms. The highest BCUT2D eigenvalue weighted by molar-refractivity contribution is 5.94. The highest BCUT2D eigenvalue weighted by atomic mass is 16.6. The Bertz CT molecular complexity index is 1220. The van der Waals surface area contributed by atoms with E-state index in [0.717, 1.165) is 5.56 Å². The van der Waals surface area contributed by atoms with Crippen molar-refractivity contribution in [1.82, 2.24) is 30.2 Å². The fourth-order valence-corrected chi connectivity index (χ4v) is 4.10. The van der Waals surface area contributed by atoms with Crippen molar-refractivity contribution in [3.8, 4) is 0 Å². The van der Waals surface area contributed by atoms with Crippen molar-refractivity contribution in [3.63, 3.8) is 0 Å². The molecule has 35 heavy (non-hydrogen) atoms. The van der Waals surface area contributed by atoms with Crippen LogP contribution in [0.3, 0.4) is 0 Å². The summed E-state index contributed by atoms with van der Waals surface area (Å²) in [4.78, 5) is 36.8. The Morgan fingerprint density at radius 3 is 2.57 bits per heavy atom. The Hall–Kier alpha value is -3.77. The first kappa shape index (κ1) is 24.4. The van der Waals surface area contributed by atoms with Gasteiger partial charge in [0, 0.05) is 12.1 Å². The number of aliphatic hydroxyl groups is 2. The van der Waals surface area contributed by atoms with Gasteiger partial charge in [0.05, 0.1) is 30.6 Å². The summed E-state index contributed by atoms with van der Waals surface area (Å²) in [6, 6.07) is 5.24. The maximum atomic E-state index is 12.8. The van der Waals surface area contributed by atoms with E-state index >= 15 is 0 Å². The normalized spacial score (nSPS) is 22.2. The molecule has 186 valence electrons. The Labute approximate surface area is 201 Å². The van der Waals surface area contributed by atoms with Crippen LogP contribution in [0.1, 0.15) is 49.2 Å². The molecule has 0 spiro atoms. The minimum atomic E-state index is -1.08. The maximum absolute atomic E-state index is 12.8. The maximum Gasteiger partial charge on any atom is 0.407 e. The summed E-state index contributed by atoms with van der Waals surface area (Å²) in [6.45, 7) is 5.60. The van der Waals surface area contributed by atoms with Gasteiger partial charge >= 0.3 is 6.09 Å². The first-order chi connectivity index (χ1) is 16.5. The van der Waals surface area contributed by atoms with E-state index in [1.165, 1.54) is 12.7 Å². The Balaban J connectivity index is 1.38. The number of amides is 2. The minimum absolute atomic E-state index is 0.149. The molecule has 1 aromatic carbocycles. The van der Waals surface area contributed by atoms with Crippen molar-refractivity contribution in [1.29, 1.82) is 0 Å². The van der Waals surface area contributed by atoms with Gasteiger partial charge in [-0.3, -0.25) is 4.79 Å². The number of nitrogen functional groups attached to an aromatic ring is 1. The van der Waals surface area contributed by atoms with Crippen molar-refractivity contribution in [3.05, 3.63) is 48.0 Å². The van der Waals surface area contributed by atoms with Gasteiger partial charge in [-0.15, -0.1) is 0 Å². The lowest BCUT2D eigenvalue weighted by atomic mass is 10.1. The zero-order chi connectivity index (χ0) is 25.3. The van der Waals surface area contributed by atoms with Gasteiger partial charge in [-0.1, -0.05) is 12.1 Å². The number of aliphatic hydroxyl groups excluding tert-OH is 2. The van der Waals surface area contributed by atoms with E-state index in [1.807, 2.05) is 0 Å². The average Bonchev–Trinajstić information content (AvgIpc) is 3.32. The molecule has 2 amide bonds. The molecule has 0 aliphatic heterocycles. The van der Waals surface area contributed by atoms with Crippen LogP contribution in [0.5, 0.6) is 0 Å². The molecule has 0 bridgehead atoms. The van der Waals surface area contributed by atoms with Crippen LogP contribution in [0.2, 0.25) is 0 Å². The third-order valence-electron chi connectivity index (χ3n) is 5.73. The minimum Gasteiger partial charge on any atom is -0.444 e. The van der Waals surface area contributed by atoms with Crippen LogP contribution >= 0.6 is 0 Å². The summed E-state index contributed by atoms with van der Waals surface area (Å²) in [5.41, 5.74) is 7.18. The number of imidazole rings is 1. The fraction of sp³-hybridized carbons (Fsp3) is 0.435. The molecule has 1 aliphatic rings. The lowest BCUT2D eigenvalue weighted by Crippen LogP contribution is -2.42. The number of hydrogen-bond donors (Lipinski definition) is 5. The Morgan fingerprint density at radius 2 is 1.89 bits per heavy atom. The van der Waals surface area contributed by atoms with E-state index in [1.54, 1.807) is 49.6 Å². The van der Waals surface area contributed by atoms with Crippen molar-refractivity contribution < 1.29 is 24.5 Å². The van der Waals surface area contributed by atoms with Gasteiger partial charge in [0.25, 0.3) is 5.91 Å². The molecule has 1 saturated carbocycles. The number of nitrogens with zero attached hydrogens (tertiary/aromatic N) is 4. The summed E-state index contributed by atoms with van der Waals surface area (Å²) in [5.74, 6) is -0.194. The Kier molecular flexibility index (Phi) is 6.59. The number of carbonyl (C=O) groups is 2.